The van der Waals surface area contributed by atoms with E-state index in [0.29, 0.717) is 6.54 Å². The van der Waals surface area contributed by atoms with Crippen molar-refractivity contribution in [3.63, 3.8) is 0 Å². The van der Waals surface area contributed by atoms with E-state index >= 15 is 0 Å². The first-order valence-corrected chi connectivity index (χ1v) is 5.84. The molecule has 0 unspecified atom stereocenters. The molecular formula is C12H12N6O. The second-order valence-corrected chi connectivity index (χ2v) is 4.07. The maximum absolute atomic E-state index is 11.7. The van der Waals surface area contributed by atoms with Crippen molar-refractivity contribution >= 4 is 16.9 Å². The van der Waals surface area contributed by atoms with E-state index in [4.69, 9.17) is 0 Å². The Morgan fingerprint density at radius 3 is 3.05 bits per heavy atom. The lowest BCUT2D eigenvalue weighted by atomic mass is 10.3. The van der Waals surface area contributed by atoms with Crippen molar-refractivity contribution in [3.8, 4) is 0 Å². The Labute approximate surface area is 108 Å². The molecule has 2 N–H and O–H groups in total. The summed E-state index contributed by atoms with van der Waals surface area (Å²) in [5, 5.41) is 6.64. The van der Waals surface area contributed by atoms with Gasteiger partial charge in [-0.15, -0.1) is 0 Å². The summed E-state index contributed by atoms with van der Waals surface area (Å²) in [5.74, 6) is 0.596. The average molecular weight is 256 g/mol. The van der Waals surface area contributed by atoms with Gasteiger partial charge in [0.25, 0.3) is 0 Å². The van der Waals surface area contributed by atoms with Gasteiger partial charge >= 0.3 is 0 Å². The van der Waals surface area contributed by atoms with Crippen molar-refractivity contribution in [1.29, 1.82) is 0 Å². The molecule has 96 valence electrons. The number of fused-ring (bicyclic) bond motifs is 1. The van der Waals surface area contributed by atoms with E-state index in [9.17, 15) is 4.79 Å². The molecule has 0 atom stereocenters. The third kappa shape index (κ3) is 2.59. The molecule has 19 heavy (non-hydrogen) atoms. The zero-order chi connectivity index (χ0) is 13.1. The molecule has 0 aliphatic carbocycles. The lowest BCUT2D eigenvalue weighted by molar-refractivity contribution is -0.122. The molecule has 1 aromatic carbocycles. The monoisotopic (exact) mass is 256 g/mol. The largest absolute Gasteiger partial charge is 0.347 e. The van der Waals surface area contributed by atoms with E-state index in [0.717, 1.165) is 16.9 Å². The second-order valence-electron chi connectivity index (χ2n) is 4.07. The van der Waals surface area contributed by atoms with Crippen molar-refractivity contribution in [3.05, 3.63) is 42.7 Å². The van der Waals surface area contributed by atoms with Crippen LogP contribution in [0.5, 0.6) is 0 Å². The van der Waals surface area contributed by atoms with E-state index in [-0.39, 0.29) is 12.5 Å². The van der Waals surface area contributed by atoms with Gasteiger partial charge < -0.3 is 10.3 Å². The molecule has 7 heteroatoms. The maximum atomic E-state index is 11.7. The van der Waals surface area contributed by atoms with Crippen LogP contribution < -0.4 is 5.32 Å². The first kappa shape index (κ1) is 11.4. The van der Waals surface area contributed by atoms with Gasteiger partial charge in [0.05, 0.1) is 17.6 Å². The number of rotatable bonds is 4. The van der Waals surface area contributed by atoms with Crippen LogP contribution in [0.15, 0.2) is 36.9 Å². The molecule has 7 nitrogen and oxygen atoms in total. The molecule has 0 bridgehead atoms. The Bertz CT molecular complexity index is 654. The Balaban J connectivity index is 1.61. The van der Waals surface area contributed by atoms with Crippen LogP contribution in [0.3, 0.4) is 0 Å². The summed E-state index contributed by atoms with van der Waals surface area (Å²) in [5.41, 5.74) is 1.85. The van der Waals surface area contributed by atoms with Crippen LogP contribution in [-0.2, 0) is 17.9 Å². The van der Waals surface area contributed by atoms with E-state index in [1.165, 1.54) is 17.3 Å². The number of benzene rings is 1. The van der Waals surface area contributed by atoms with Crippen LogP contribution in [0.4, 0.5) is 0 Å². The minimum Gasteiger partial charge on any atom is -0.347 e. The lowest BCUT2D eigenvalue weighted by Gasteiger charge is -2.02. The topological polar surface area (TPSA) is 88.5 Å². The van der Waals surface area contributed by atoms with E-state index in [1.807, 2.05) is 24.3 Å². The third-order valence-corrected chi connectivity index (χ3v) is 2.66. The van der Waals surface area contributed by atoms with Crippen molar-refractivity contribution in [2.45, 2.75) is 13.1 Å². The molecule has 0 aliphatic heterocycles. The fourth-order valence-corrected chi connectivity index (χ4v) is 1.79. The fourth-order valence-electron chi connectivity index (χ4n) is 1.79. The standard InChI is InChI=1S/C12H12N6O/c19-12(6-18-8-13-7-15-18)14-5-11-16-9-3-1-2-4-10(9)17-11/h1-4,7-8H,5-6H2,(H,14,19)(H,16,17). The fraction of sp³-hybridized carbons (Fsp3) is 0.167. The summed E-state index contributed by atoms with van der Waals surface area (Å²) < 4.78 is 1.47. The highest BCUT2D eigenvalue weighted by atomic mass is 16.2. The van der Waals surface area contributed by atoms with Gasteiger partial charge in [-0.3, -0.25) is 4.79 Å². The zero-order valence-electron chi connectivity index (χ0n) is 10.1. The number of carbonyl (C=O) groups excluding carboxylic acids is 1. The highest BCUT2D eigenvalue weighted by molar-refractivity contribution is 5.76. The molecule has 0 radical (unpaired) electrons. The van der Waals surface area contributed by atoms with Gasteiger partial charge in [0.1, 0.15) is 25.0 Å². The van der Waals surface area contributed by atoms with Crippen molar-refractivity contribution in [2.75, 3.05) is 0 Å². The Morgan fingerprint density at radius 2 is 2.26 bits per heavy atom. The molecule has 2 aromatic heterocycles. The van der Waals surface area contributed by atoms with Gasteiger partial charge in [-0.2, -0.15) is 5.10 Å². The van der Waals surface area contributed by atoms with Gasteiger partial charge in [0.15, 0.2) is 0 Å². The molecule has 3 aromatic rings. The number of aromatic amines is 1. The first-order chi connectivity index (χ1) is 9.31. The van der Waals surface area contributed by atoms with E-state index in [1.54, 1.807) is 0 Å². The Morgan fingerprint density at radius 1 is 1.37 bits per heavy atom. The predicted octanol–water partition coefficient (Wildman–Crippen LogP) is 0.471. The average Bonchev–Trinajstić information content (AvgIpc) is 3.04. The summed E-state index contributed by atoms with van der Waals surface area (Å²) in [6, 6.07) is 7.74. The van der Waals surface area contributed by atoms with Crippen molar-refractivity contribution < 1.29 is 4.79 Å². The van der Waals surface area contributed by atoms with Crippen LogP contribution in [0.2, 0.25) is 0 Å². The van der Waals surface area contributed by atoms with Crippen LogP contribution in [0.25, 0.3) is 11.0 Å². The number of hydrogen-bond donors (Lipinski definition) is 2. The number of nitrogens with zero attached hydrogens (tertiary/aromatic N) is 4. The van der Waals surface area contributed by atoms with Crippen molar-refractivity contribution in [2.24, 2.45) is 0 Å². The summed E-state index contributed by atoms with van der Waals surface area (Å²) >= 11 is 0. The van der Waals surface area contributed by atoms with Crippen LogP contribution in [-0.4, -0.2) is 30.6 Å². The number of imidazole rings is 1. The van der Waals surface area contributed by atoms with Gasteiger partial charge in [0, 0.05) is 0 Å². The SMILES string of the molecule is O=C(Cn1cncn1)NCc1nc2ccccc2[nH]1. The molecule has 1 amide bonds. The smallest absolute Gasteiger partial charge is 0.242 e. The Kier molecular flexibility index (Phi) is 2.93. The molecule has 2 heterocycles. The first-order valence-electron chi connectivity index (χ1n) is 5.84. The number of H-pyrrole nitrogens is 1. The molecule has 3 rings (SSSR count). The summed E-state index contributed by atoms with van der Waals surface area (Å²) in [7, 11) is 0. The zero-order valence-corrected chi connectivity index (χ0v) is 10.1. The van der Waals surface area contributed by atoms with E-state index in [2.05, 4.69) is 25.4 Å². The van der Waals surface area contributed by atoms with Crippen LogP contribution >= 0.6 is 0 Å². The van der Waals surface area contributed by atoms with Gasteiger partial charge in [-0.25, -0.2) is 14.6 Å². The number of hydrogen-bond acceptors (Lipinski definition) is 4. The second kappa shape index (κ2) is 4.89. The molecule has 0 aliphatic rings. The summed E-state index contributed by atoms with van der Waals surface area (Å²) in [6.45, 7) is 0.516. The quantitative estimate of drug-likeness (QED) is 0.710. The number of amides is 1. The van der Waals surface area contributed by atoms with Gasteiger partial charge in [-0.1, -0.05) is 12.1 Å². The van der Waals surface area contributed by atoms with Gasteiger partial charge in [0.2, 0.25) is 5.91 Å². The summed E-state index contributed by atoms with van der Waals surface area (Å²) in [6.07, 6.45) is 2.90. The van der Waals surface area contributed by atoms with Crippen molar-refractivity contribution in [1.82, 2.24) is 30.0 Å². The highest BCUT2D eigenvalue weighted by Crippen LogP contribution is 2.09. The van der Waals surface area contributed by atoms with E-state index < -0.39 is 0 Å². The molecule has 0 saturated heterocycles. The normalized spacial score (nSPS) is 10.7. The molecule has 0 fully saturated rings. The molecule has 0 saturated carbocycles. The summed E-state index contributed by atoms with van der Waals surface area (Å²) in [4.78, 5) is 23.0. The predicted molar refractivity (Wildman–Crippen MR) is 68.0 cm³/mol. The minimum atomic E-state index is -0.133. The van der Waals surface area contributed by atoms with Crippen LogP contribution in [0.1, 0.15) is 5.82 Å². The third-order valence-electron chi connectivity index (χ3n) is 2.66. The van der Waals surface area contributed by atoms with Gasteiger partial charge in [-0.05, 0) is 12.1 Å². The minimum absolute atomic E-state index is 0.133. The van der Waals surface area contributed by atoms with Crippen LogP contribution in [0, 0.1) is 0 Å². The maximum Gasteiger partial charge on any atom is 0.242 e. The molecule has 0 spiro atoms. The Hall–Kier alpha value is -2.70. The number of carbonyl (C=O) groups is 1. The highest BCUT2D eigenvalue weighted by Gasteiger charge is 2.05. The molecular weight excluding hydrogens is 244 g/mol. The lowest BCUT2D eigenvalue weighted by Crippen LogP contribution is -2.27. The number of nitrogens with one attached hydrogen (secondary N) is 2. The number of aromatic nitrogens is 5. The number of para-hydroxylation sites is 2.